The van der Waals surface area contributed by atoms with Gasteiger partial charge in [0, 0.05) is 18.1 Å². The van der Waals surface area contributed by atoms with E-state index in [1.807, 2.05) is 12.1 Å². The van der Waals surface area contributed by atoms with E-state index in [0.29, 0.717) is 18.0 Å². The monoisotopic (exact) mass is 328 g/mol. The molecule has 0 amide bonds. The second-order valence-electron chi connectivity index (χ2n) is 6.38. The lowest BCUT2D eigenvalue weighted by Gasteiger charge is -2.27. The number of quaternary nitrogens is 1. The fraction of sp³-hybridized carbons (Fsp3) is 0.368. The zero-order valence-corrected chi connectivity index (χ0v) is 13.5. The predicted molar refractivity (Wildman–Crippen MR) is 88.6 cm³/mol. The number of rotatable bonds is 5. The zero-order chi connectivity index (χ0) is 16.4. The van der Waals surface area contributed by atoms with Gasteiger partial charge in [0.25, 0.3) is 0 Å². The minimum Gasteiger partial charge on any atom is -0.491 e. The molecule has 5 nitrogen and oxygen atoms in total. The molecule has 0 bridgehead atoms. The molecular formula is C19H22NO4+. The maximum absolute atomic E-state index is 10.3. The molecule has 0 aliphatic carbocycles. The lowest BCUT2D eigenvalue weighted by Crippen LogP contribution is -3.13. The van der Waals surface area contributed by atoms with Crippen molar-refractivity contribution < 1.29 is 24.2 Å². The summed E-state index contributed by atoms with van der Waals surface area (Å²) >= 11 is 0. The van der Waals surface area contributed by atoms with E-state index in [0.717, 1.165) is 25.3 Å². The first-order chi connectivity index (χ1) is 11.8. The van der Waals surface area contributed by atoms with Crippen LogP contribution in [0.15, 0.2) is 42.5 Å². The maximum atomic E-state index is 10.3. The predicted octanol–water partition coefficient (Wildman–Crippen LogP) is 0.796. The molecule has 126 valence electrons. The molecule has 0 spiro atoms. The fourth-order valence-electron chi connectivity index (χ4n) is 3.37. The van der Waals surface area contributed by atoms with Gasteiger partial charge in [0.05, 0.1) is 6.54 Å². The number of hydrogen-bond donors (Lipinski definition) is 2. The van der Waals surface area contributed by atoms with Crippen LogP contribution >= 0.6 is 0 Å². The average molecular weight is 328 g/mol. The highest BCUT2D eigenvalue weighted by molar-refractivity contribution is 5.46. The van der Waals surface area contributed by atoms with E-state index in [4.69, 9.17) is 14.2 Å². The normalized spacial score (nSPS) is 19.6. The molecule has 24 heavy (non-hydrogen) atoms. The number of fused-ring (bicyclic) bond motifs is 2. The SMILES string of the molecule is O[C@@H](COc1ccc2c(c1)OCO2)C[NH+]1CCc2ccccc2C1. The molecule has 0 fully saturated rings. The van der Waals surface area contributed by atoms with Crippen LogP contribution in [0.3, 0.4) is 0 Å². The van der Waals surface area contributed by atoms with E-state index >= 15 is 0 Å². The molecular weight excluding hydrogens is 306 g/mol. The molecule has 5 heteroatoms. The third kappa shape index (κ3) is 3.32. The summed E-state index contributed by atoms with van der Waals surface area (Å²) in [5.74, 6) is 2.12. The van der Waals surface area contributed by atoms with E-state index in [-0.39, 0.29) is 13.4 Å². The van der Waals surface area contributed by atoms with Crippen molar-refractivity contribution in [1.29, 1.82) is 0 Å². The van der Waals surface area contributed by atoms with E-state index in [1.165, 1.54) is 16.0 Å². The van der Waals surface area contributed by atoms with Gasteiger partial charge in [0.2, 0.25) is 6.79 Å². The second kappa shape index (κ2) is 6.71. The Kier molecular flexibility index (Phi) is 4.28. The van der Waals surface area contributed by atoms with Crippen LogP contribution in [0.5, 0.6) is 17.2 Å². The van der Waals surface area contributed by atoms with Crippen molar-refractivity contribution >= 4 is 0 Å². The van der Waals surface area contributed by atoms with Crippen LogP contribution in [0, 0.1) is 0 Å². The van der Waals surface area contributed by atoms with Crippen molar-refractivity contribution in [1.82, 2.24) is 0 Å². The van der Waals surface area contributed by atoms with Crippen LogP contribution in [-0.2, 0) is 13.0 Å². The summed E-state index contributed by atoms with van der Waals surface area (Å²) < 4.78 is 16.3. The van der Waals surface area contributed by atoms with E-state index in [2.05, 4.69) is 24.3 Å². The molecule has 0 saturated carbocycles. The molecule has 4 rings (SSSR count). The van der Waals surface area contributed by atoms with Gasteiger partial charge in [-0.15, -0.1) is 0 Å². The van der Waals surface area contributed by atoms with Crippen LogP contribution in [0.2, 0.25) is 0 Å². The highest BCUT2D eigenvalue weighted by atomic mass is 16.7. The molecule has 1 unspecified atom stereocenters. The Hall–Kier alpha value is -2.24. The lowest BCUT2D eigenvalue weighted by atomic mass is 10.00. The van der Waals surface area contributed by atoms with Crippen LogP contribution in [0.4, 0.5) is 0 Å². The number of hydrogen-bond acceptors (Lipinski definition) is 4. The Morgan fingerprint density at radius 3 is 2.83 bits per heavy atom. The molecule has 0 radical (unpaired) electrons. The van der Waals surface area contributed by atoms with Gasteiger partial charge < -0.3 is 24.2 Å². The van der Waals surface area contributed by atoms with Gasteiger partial charge in [-0.1, -0.05) is 24.3 Å². The summed E-state index contributed by atoms with van der Waals surface area (Å²) in [6.45, 7) is 3.25. The first-order valence-corrected chi connectivity index (χ1v) is 8.39. The summed E-state index contributed by atoms with van der Waals surface area (Å²) in [6.07, 6.45) is 0.581. The fourth-order valence-corrected chi connectivity index (χ4v) is 3.37. The van der Waals surface area contributed by atoms with Crippen LogP contribution in [0.1, 0.15) is 11.1 Å². The maximum Gasteiger partial charge on any atom is 0.231 e. The van der Waals surface area contributed by atoms with Crippen molar-refractivity contribution in [3.63, 3.8) is 0 Å². The standard InChI is InChI=1S/C19H21NO4/c21-16(11-20-8-7-14-3-1-2-4-15(14)10-20)12-22-17-5-6-18-19(9-17)24-13-23-18/h1-6,9,16,21H,7-8,10-13H2/p+1/t16-/m1/s1. The number of aliphatic hydroxyl groups excluding tert-OH is 1. The topological polar surface area (TPSA) is 52.4 Å². The Balaban J connectivity index is 1.29. The van der Waals surface area contributed by atoms with Gasteiger partial charge in [-0.25, -0.2) is 0 Å². The third-order valence-electron chi connectivity index (χ3n) is 4.62. The Labute approximate surface area is 141 Å². The summed E-state index contributed by atoms with van der Waals surface area (Å²) in [4.78, 5) is 1.40. The Bertz CT molecular complexity index is 718. The smallest absolute Gasteiger partial charge is 0.231 e. The second-order valence-corrected chi connectivity index (χ2v) is 6.38. The molecule has 2 N–H and O–H groups in total. The van der Waals surface area contributed by atoms with Gasteiger partial charge in [-0.05, 0) is 17.7 Å². The van der Waals surface area contributed by atoms with Gasteiger partial charge >= 0.3 is 0 Å². The quantitative estimate of drug-likeness (QED) is 0.852. The zero-order valence-electron chi connectivity index (χ0n) is 13.5. The molecule has 2 atom stereocenters. The highest BCUT2D eigenvalue weighted by Crippen LogP contribution is 2.35. The minimum absolute atomic E-state index is 0.251. The van der Waals surface area contributed by atoms with E-state index < -0.39 is 6.10 Å². The Morgan fingerprint density at radius 1 is 1.08 bits per heavy atom. The molecule has 2 aromatic rings. The van der Waals surface area contributed by atoms with Gasteiger partial charge in [0.1, 0.15) is 31.5 Å². The molecule has 0 aromatic heterocycles. The molecule has 2 aliphatic heterocycles. The van der Waals surface area contributed by atoms with Crippen LogP contribution < -0.4 is 19.1 Å². The van der Waals surface area contributed by atoms with Crippen molar-refractivity contribution in [3.8, 4) is 17.2 Å². The molecule has 2 aromatic carbocycles. The number of ether oxygens (including phenoxy) is 3. The Morgan fingerprint density at radius 2 is 1.92 bits per heavy atom. The molecule has 0 saturated heterocycles. The largest absolute Gasteiger partial charge is 0.491 e. The van der Waals surface area contributed by atoms with Gasteiger partial charge in [0.15, 0.2) is 11.5 Å². The van der Waals surface area contributed by atoms with Crippen LogP contribution in [-0.4, -0.2) is 37.7 Å². The number of aliphatic hydroxyl groups is 1. The van der Waals surface area contributed by atoms with E-state index in [9.17, 15) is 5.11 Å². The first-order valence-electron chi connectivity index (χ1n) is 8.39. The van der Waals surface area contributed by atoms with E-state index in [1.54, 1.807) is 6.07 Å². The van der Waals surface area contributed by atoms with Gasteiger partial charge in [-0.3, -0.25) is 0 Å². The summed E-state index contributed by atoms with van der Waals surface area (Å²) in [6, 6.07) is 14.0. The number of nitrogens with one attached hydrogen (secondary N) is 1. The van der Waals surface area contributed by atoms with Crippen molar-refractivity contribution in [3.05, 3.63) is 53.6 Å². The summed E-state index contributed by atoms with van der Waals surface area (Å²) in [7, 11) is 0. The van der Waals surface area contributed by atoms with Crippen molar-refractivity contribution in [2.24, 2.45) is 0 Å². The third-order valence-corrected chi connectivity index (χ3v) is 4.62. The van der Waals surface area contributed by atoms with Crippen molar-refractivity contribution in [2.75, 3.05) is 26.5 Å². The average Bonchev–Trinajstić information content (AvgIpc) is 3.07. The molecule has 2 heterocycles. The van der Waals surface area contributed by atoms with Crippen molar-refractivity contribution in [2.45, 2.75) is 19.1 Å². The van der Waals surface area contributed by atoms with Gasteiger partial charge in [-0.2, -0.15) is 0 Å². The number of benzene rings is 2. The highest BCUT2D eigenvalue weighted by Gasteiger charge is 2.22. The van der Waals surface area contributed by atoms with Crippen LogP contribution in [0.25, 0.3) is 0 Å². The lowest BCUT2D eigenvalue weighted by molar-refractivity contribution is -0.918. The summed E-state index contributed by atoms with van der Waals surface area (Å²) in [5, 5.41) is 10.3. The summed E-state index contributed by atoms with van der Waals surface area (Å²) in [5.41, 5.74) is 2.83. The molecule has 2 aliphatic rings. The minimum atomic E-state index is -0.490. The first kappa shape index (κ1) is 15.3.